The van der Waals surface area contributed by atoms with E-state index in [-0.39, 0.29) is 12.1 Å². The Morgan fingerprint density at radius 3 is 2.87 bits per heavy atom. The van der Waals surface area contributed by atoms with Crippen molar-refractivity contribution in [2.24, 2.45) is 0 Å². The molecule has 0 atom stereocenters. The third-order valence-corrected chi connectivity index (χ3v) is 3.41. The van der Waals surface area contributed by atoms with E-state index in [1.54, 1.807) is 12.3 Å². The van der Waals surface area contributed by atoms with Crippen molar-refractivity contribution in [3.63, 3.8) is 0 Å². The molecule has 0 aliphatic heterocycles. The second-order valence-electron chi connectivity index (χ2n) is 4.81. The molecule has 0 bridgehead atoms. The van der Waals surface area contributed by atoms with E-state index in [1.165, 1.54) is 6.20 Å². The molecule has 0 fully saturated rings. The minimum Gasteiger partial charge on any atom is -0.347 e. The number of nitrogens with one attached hydrogen (secondary N) is 2. The molecular weight excluding hydrogens is 312 g/mol. The first-order chi connectivity index (χ1) is 11.1. The van der Waals surface area contributed by atoms with Crippen molar-refractivity contribution < 1.29 is 4.79 Å². The number of rotatable bonds is 5. The number of amides is 1. The molecule has 0 unspecified atom stereocenters. The second kappa shape index (κ2) is 7.97. The van der Waals surface area contributed by atoms with Crippen molar-refractivity contribution in [3.05, 3.63) is 70.5 Å². The van der Waals surface area contributed by atoms with E-state index in [0.717, 1.165) is 11.1 Å². The Morgan fingerprint density at radius 2 is 2.17 bits per heavy atom. The number of anilines is 1. The Hall–Kier alpha value is -2.84. The van der Waals surface area contributed by atoms with Gasteiger partial charge in [0.2, 0.25) is 0 Å². The second-order valence-corrected chi connectivity index (χ2v) is 5.21. The average molecular weight is 327 g/mol. The number of carbonyl (C=O) groups excluding carboxylic acids is 1. The summed E-state index contributed by atoms with van der Waals surface area (Å²) in [6.07, 6.45) is 2.98. The molecule has 116 valence electrons. The fourth-order valence-corrected chi connectivity index (χ4v) is 2.02. The third kappa shape index (κ3) is 4.83. The van der Waals surface area contributed by atoms with E-state index in [2.05, 4.69) is 15.6 Å². The van der Waals surface area contributed by atoms with Crippen LogP contribution in [-0.4, -0.2) is 10.9 Å². The molecule has 0 saturated carbocycles. The highest BCUT2D eigenvalue weighted by Crippen LogP contribution is 2.14. The molecule has 2 rings (SSSR count). The molecule has 6 heteroatoms. The number of halogens is 1. The van der Waals surface area contributed by atoms with Gasteiger partial charge in [0.1, 0.15) is 17.5 Å². The van der Waals surface area contributed by atoms with Gasteiger partial charge in [0.15, 0.2) is 0 Å². The number of hydrogen-bond acceptors (Lipinski definition) is 4. The van der Waals surface area contributed by atoms with Gasteiger partial charge in [0.25, 0.3) is 5.91 Å². The van der Waals surface area contributed by atoms with Crippen LogP contribution in [0.1, 0.15) is 11.1 Å². The highest BCUT2D eigenvalue weighted by atomic mass is 35.5. The lowest BCUT2D eigenvalue weighted by atomic mass is 10.2. The molecule has 23 heavy (non-hydrogen) atoms. The monoisotopic (exact) mass is 326 g/mol. The molecule has 2 aromatic rings. The summed E-state index contributed by atoms with van der Waals surface area (Å²) >= 11 is 6.03. The third-order valence-electron chi connectivity index (χ3n) is 3.04. The molecule has 0 spiro atoms. The first-order valence-electron chi connectivity index (χ1n) is 6.91. The van der Waals surface area contributed by atoms with Gasteiger partial charge in [-0.05, 0) is 36.2 Å². The van der Waals surface area contributed by atoms with E-state index in [0.29, 0.717) is 10.8 Å². The molecular formula is C17H15ClN4O. The Bertz CT molecular complexity index is 780. The summed E-state index contributed by atoms with van der Waals surface area (Å²) in [6, 6.07) is 12.7. The van der Waals surface area contributed by atoms with Gasteiger partial charge in [-0.25, -0.2) is 4.98 Å². The van der Waals surface area contributed by atoms with Crippen LogP contribution in [0.15, 0.2) is 54.4 Å². The Morgan fingerprint density at radius 1 is 1.39 bits per heavy atom. The lowest BCUT2D eigenvalue weighted by Gasteiger charge is -2.06. The van der Waals surface area contributed by atoms with E-state index in [1.807, 2.05) is 43.3 Å². The zero-order valence-electron chi connectivity index (χ0n) is 12.5. The van der Waals surface area contributed by atoms with Crippen LogP contribution in [0.4, 0.5) is 5.82 Å². The summed E-state index contributed by atoms with van der Waals surface area (Å²) in [4.78, 5) is 16.1. The lowest BCUT2D eigenvalue weighted by Crippen LogP contribution is -2.24. The molecule has 0 aliphatic carbocycles. The Kier molecular flexibility index (Phi) is 5.73. The Balaban J connectivity index is 2.00. The largest absolute Gasteiger partial charge is 0.347 e. The number of carbonyl (C=O) groups is 1. The number of hydrogen-bond donors (Lipinski definition) is 2. The topological polar surface area (TPSA) is 77.8 Å². The normalized spacial score (nSPS) is 10.7. The van der Waals surface area contributed by atoms with Crippen LogP contribution in [0.2, 0.25) is 5.02 Å². The highest BCUT2D eigenvalue weighted by Gasteiger charge is 2.09. The van der Waals surface area contributed by atoms with Crippen LogP contribution < -0.4 is 10.6 Å². The highest BCUT2D eigenvalue weighted by molar-refractivity contribution is 6.31. The van der Waals surface area contributed by atoms with Crippen molar-refractivity contribution in [2.45, 2.75) is 13.5 Å². The zero-order chi connectivity index (χ0) is 16.7. The van der Waals surface area contributed by atoms with Gasteiger partial charge >= 0.3 is 0 Å². The molecule has 1 heterocycles. The molecule has 0 radical (unpaired) electrons. The van der Waals surface area contributed by atoms with Crippen molar-refractivity contribution in [1.29, 1.82) is 5.26 Å². The van der Waals surface area contributed by atoms with Gasteiger partial charge < -0.3 is 10.6 Å². The van der Waals surface area contributed by atoms with E-state index in [9.17, 15) is 4.79 Å². The molecule has 1 aromatic carbocycles. The summed E-state index contributed by atoms with van der Waals surface area (Å²) in [5.74, 6) is 0.0872. The minimum absolute atomic E-state index is 0.0413. The van der Waals surface area contributed by atoms with Crippen LogP contribution in [-0.2, 0) is 11.3 Å². The van der Waals surface area contributed by atoms with Gasteiger partial charge in [-0.3, -0.25) is 4.79 Å². The molecule has 0 aliphatic rings. The van der Waals surface area contributed by atoms with Crippen LogP contribution in [0, 0.1) is 18.3 Å². The van der Waals surface area contributed by atoms with Gasteiger partial charge in [0, 0.05) is 24.0 Å². The zero-order valence-corrected chi connectivity index (χ0v) is 13.3. The van der Waals surface area contributed by atoms with Gasteiger partial charge in [0.05, 0.1) is 0 Å². The fourth-order valence-electron chi connectivity index (χ4n) is 1.82. The van der Waals surface area contributed by atoms with Crippen LogP contribution in [0.25, 0.3) is 0 Å². The quantitative estimate of drug-likeness (QED) is 0.653. The van der Waals surface area contributed by atoms with Crippen molar-refractivity contribution in [2.75, 3.05) is 5.32 Å². The van der Waals surface area contributed by atoms with Crippen LogP contribution in [0.3, 0.4) is 0 Å². The predicted octanol–water partition coefficient (Wildman–Crippen LogP) is 3.18. The van der Waals surface area contributed by atoms with E-state index in [4.69, 9.17) is 16.9 Å². The SMILES string of the molecule is Cc1ccnc(N/C=C(/C#N)C(=O)NCc2ccccc2Cl)c1. The molecule has 1 amide bonds. The maximum Gasteiger partial charge on any atom is 0.263 e. The molecule has 2 N–H and O–H groups in total. The van der Waals surface area contributed by atoms with E-state index >= 15 is 0 Å². The molecule has 1 aromatic heterocycles. The van der Waals surface area contributed by atoms with Crippen molar-refractivity contribution >= 4 is 23.3 Å². The fraction of sp³-hybridized carbons (Fsp3) is 0.118. The van der Waals surface area contributed by atoms with Crippen LogP contribution >= 0.6 is 11.6 Å². The number of nitriles is 1. The van der Waals surface area contributed by atoms with Gasteiger partial charge in [-0.15, -0.1) is 0 Å². The van der Waals surface area contributed by atoms with Crippen molar-refractivity contribution in [3.8, 4) is 6.07 Å². The lowest BCUT2D eigenvalue weighted by molar-refractivity contribution is -0.117. The van der Waals surface area contributed by atoms with Crippen LogP contribution in [0.5, 0.6) is 0 Å². The summed E-state index contributed by atoms with van der Waals surface area (Å²) in [7, 11) is 0. The summed E-state index contributed by atoms with van der Waals surface area (Å²) < 4.78 is 0. The molecule has 0 saturated heterocycles. The van der Waals surface area contributed by atoms with Gasteiger partial charge in [-0.1, -0.05) is 29.8 Å². The number of benzene rings is 1. The minimum atomic E-state index is -0.479. The molecule has 5 nitrogen and oxygen atoms in total. The maximum absolute atomic E-state index is 12.0. The van der Waals surface area contributed by atoms with E-state index < -0.39 is 5.91 Å². The smallest absolute Gasteiger partial charge is 0.263 e. The van der Waals surface area contributed by atoms with Gasteiger partial charge in [-0.2, -0.15) is 5.26 Å². The summed E-state index contributed by atoms with van der Waals surface area (Å²) in [5.41, 5.74) is 1.77. The number of aryl methyl sites for hydroxylation is 1. The number of aromatic nitrogens is 1. The average Bonchev–Trinajstić information content (AvgIpc) is 2.55. The first-order valence-corrected chi connectivity index (χ1v) is 7.29. The Labute approximate surface area is 139 Å². The summed E-state index contributed by atoms with van der Waals surface area (Å²) in [5, 5.41) is 15.2. The number of nitrogens with zero attached hydrogens (tertiary/aromatic N) is 2. The summed E-state index contributed by atoms with van der Waals surface area (Å²) in [6.45, 7) is 2.18. The standard InChI is InChI=1S/C17H15ClN4O/c1-12-6-7-20-16(8-12)21-11-14(9-19)17(23)22-10-13-4-2-3-5-15(13)18/h2-8,11H,10H2,1H3,(H,20,21)(H,22,23)/b14-11-. The first kappa shape index (κ1) is 16.5. The predicted molar refractivity (Wildman–Crippen MR) is 89.6 cm³/mol. The number of pyridine rings is 1. The van der Waals surface area contributed by atoms with Crippen molar-refractivity contribution in [1.82, 2.24) is 10.3 Å². The maximum atomic E-state index is 12.0.